The van der Waals surface area contributed by atoms with Gasteiger partial charge in [-0.15, -0.1) is 0 Å². The Hall–Kier alpha value is -2.36. The fourth-order valence-electron chi connectivity index (χ4n) is 4.97. The molecule has 0 bridgehead atoms. The summed E-state index contributed by atoms with van der Waals surface area (Å²) in [6.45, 7) is 5.01. The van der Waals surface area contributed by atoms with Gasteiger partial charge in [0.05, 0.1) is 6.61 Å². The highest BCUT2D eigenvalue weighted by Crippen LogP contribution is 2.30. The molecule has 0 unspecified atom stereocenters. The minimum Gasteiger partial charge on any atom is -0.494 e. The van der Waals surface area contributed by atoms with Crippen molar-refractivity contribution < 1.29 is 18.7 Å². The van der Waals surface area contributed by atoms with E-state index < -0.39 is 12.1 Å². The number of rotatable bonds is 15. The van der Waals surface area contributed by atoms with E-state index in [0.29, 0.717) is 5.92 Å². The molecule has 198 valence electrons. The van der Waals surface area contributed by atoms with Gasteiger partial charge in [-0.1, -0.05) is 82.3 Å². The van der Waals surface area contributed by atoms with Crippen LogP contribution in [0.4, 0.5) is 4.39 Å². The third-order valence-electron chi connectivity index (χ3n) is 7.39. The van der Waals surface area contributed by atoms with E-state index in [0.717, 1.165) is 70.1 Å². The second kappa shape index (κ2) is 15.7. The Kier molecular flexibility index (Phi) is 12.3. The number of esters is 1. The van der Waals surface area contributed by atoms with Gasteiger partial charge in [-0.05, 0) is 86.1 Å². The Balaban J connectivity index is 1.36. The average molecular weight is 497 g/mol. The standard InChI is InChI=1S/C32H45FO3/c1-3-5-7-8-24-35-29-22-18-28(19-23-29)27-16-12-25(13-17-27)10-11-26-14-20-30(21-15-26)36-32(34)31(33)9-6-4-2/h12-13,16-19,22-23,26,30-31H,3-11,14-15,20-21,24H2,1-2H3/t26-,30-,31-/m0/s1. The maximum Gasteiger partial charge on any atom is 0.340 e. The largest absolute Gasteiger partial charge is 0.494 e. The Labute approximate surface area is 217 Å². The van der Waals surface area contributed by atoms with Gasteiger partial charge in [-0.3, -0.25) is 0 Å². The maximum atomic E-state index is 13.9. The molecule has 2 aromatic rings. The van der Waals surface area contributed by atoms with Crippen LogP contribution in [0.2, 0.25) is 0 Å². The minimum atomic E-state index is -1.46. The van der Waals surface area contributed by atoms with Crippen LogP contribution in [0.15, 0.2) is 48.5 Å². The smallest absolute Gasteiger partial charge is 0.340 e. The summed E-state index contributed by atoms with van der Waals surface area (Å²) >= 11 is 0. The first-order valence-corrected chi connectivity index (χ1v) is 14.3. The summed E-state index contributed by atoms with van der Waals surface area (Å²) in [7, 11) is 0. The van der Waals surface area contributed by atoms with Gasteiger partial charge >= 0.3 is 5.97 Å². The van der Waals surface area contributed by atoms with Gasteiger partial charge in [-0.25, -0.2) is 9.18 Å². The lowest BCUT2D eigenvalue weighted by atomic mass is 9.83. The maximum absolute atomic E-state index is 13.9. The number of ether oxygens (including phenoxy) is 2. The molecule has 2 aromatic carbocycles. The fraction of sp³-hybridized carbons (Fsp3) is 0.594. The van der Waals surface area contributed by atoms with Gasteiger partial charge in [0.25, 0.3) is 0 Å². The highest BCUT2D eigenvalue weighted by molar-refractivity contribution is 5.74. The van der Waals surface area contributed by atoms with Crippen LogP contribution in [0.3, 0.4) is 0 Å². The number of hydrogen-bond acceptors (Lipinski definition) is 3. The molecule has 0 radical (unpaired) electrons. The number of carbonyl (C=O) groups is 1. The molecule has 3 nitrogen and oxygen atoms in total. The van der Waals surface area contributed by atoms with E-state index in [4.69, 9.17) is 9.47 Å². The van der Waals surface area contributed by atoms with Crippen molar-refractivity contribution >= 4 is 5.97 Å². The molecule has 0 saturated heterocycles. The van der Waals surface area contributed by atoms with Crippen LogP contribution >= 0.6 is 0 Å². The molecule has 1 atom stereocenters. The van der Waals surface area contributed by atoms with Crippen LogP contribution < -0.4 is 4.74 Å². The monoisotopic (exact) mass is 496 g/mol. The molecule has 0 aromatic heterocycles. The minimum absolute atomic E-state index is 0.106. The first-order chi connectivity index (χ1) is 17.6. The van der Waals surface area contributed by atoms with Gasteiger partial charge in [-0.2, -0.15) is 0 Å². The van der Waals surface area contributed by atoms with E-state index in [1.807, 2.05) is 6.92 Å². The molecule has 0 heterocycles. The number of alkyl halides is 1. The van der Waals surface area contributed by atoms with Crippen LogP contribution in [-0.2, 0) is 16.0 Å². The third kappa shape index (κ3) is 9.59. The summed E-state index contributed by atoms with van der Waals surface area (Å²) < 4.78 is 25.2. The van der Waals surface area contributed by atoms with Crippen LogP contribution in [0.5, 0.6) is 5.75 Å². The number of hydrogen-bond donors (Lipinski definition) is 0. The highest BCUT2D eigenvalue weighted by atomic mass is 19.1. The van der Waals surface area contributed by atoms with Crippen molar-refractivity contribution in [3.63, 3.8) is 0 Å². The van der Waals surface area contributed by atoms with Gasteiger partial charge in [0.15, 0.2) is 6.17 Å². The molecule has 0 aliphatic heterocycles. The van der Waals surface area contributed by atoms with E-state index in [-0.39, 0.29) is 12.5 Å². The van der Waals surface area contributed by atoms with E-state index in [1.54, 1.807) is 0 Å². The molecule has 1 saturated carbocycles. The van der Waals surface area contributed by atoms with Crippen LogP contribution in [0.25, 0.3) is 11.1 Å². The summed E-state index contributed by atoms with van der Waals surface area (Å²) in [5.74, 6) is 0.935. The van der Waals surface area contributed by atoms with Crippen molar-refractivity contribution in [2.75, 3.05) is 6.61 Å². The molecule has 4 heteroatoms. The topological polar surface area (TPSA) is 35.5 Å². The van der Waals surface area contributed by atoms with Gasteiger partial charge in [0.2, 0.25) is 0 Å². The number of unbranched alkanes of at least 4 members (excludes halogenated alkanes) is 4. The Morgan fingerprint density at radius 2 is 1.50 bits per heavy atom. The van der Waals surface area contributed by atoms with Crippen LogP contribution in [0.1, 0.15) is 96.5 Å². The predicted octanol–water partition coefficient (Wildman–Crippen LogP) is 8.88. The molecule has 1 aliphatic rings. The van der Waals surface area contributed by atoms with Gasteiger partial charge in [0, 0.05) is 0 Å². The van der Waals surface area contributed by atoms with Crippen LogP contribution in [0, 0.1) is 5.92 Å². The van der Waals surface area contributed by atoms with Gasteiger partial charge in [0.1, 0.15) is 11.9 Å². The Morgan fingerprint density at radius 3 is 2.14 bits per heavy atom. The number of benzene rings is 2. The SMILES string of the molecule is CCCCCCOc1ccc(-c2ccc(CC[C@H]3CC[C@H](OC(=O)[C@@H](F)CCCC)CC3)cc2)cc1. The lowest BCUT2D eigenvalue weighted by Gasteiger charge is -2.28. The highest BCUT2D eigenvalue weighted by Gasteiger charge is 2.27. The first kappa shape index (κ1) is 28.2. The zero-order chi connectivity index (χ0) is 25.6. The first-order valence-electron chi connectivity index (χ1n) is 14.3. The number of carbonyl (C=O) groups excluding carboxylic acids is 1. The van der Waals surface area contributed by atoms with Crippen LogP contribution in [-0.4, -0.2) is 24.9 Å². The van der Waals surface area contributed by atoms with Crippen molar-refractivity contribution in [3.8, 4) is 16.9 Å². The number of aryl methyl sites for hydroxylation is 1. The zero-order valence-corrected chi connectivity index (χ0v) is 22.4. The zero-order valence-electron chi connectivity index (χ0n) is 22.4. The molecule has 1 aliphatic carbocycles. The van der Waals surface area contributed by atoms with Crippen molar-refractivity contribution in [1.29, 1.82) is 0 Å². The van der Waals surface area contributed by atoms with E-state index >= 15 is 0 Å². The third-order valence-corrected chi connectivity index (χ3v) is 7.39. The second-order valence-electron chi connectivity index (χ2n) is 10.4. The predicted molar refractivity (Wildman–Crippen MR) is 146 cm³/mol. The van der Waals surface area contributed by atoms with Crippen molar-refractivity contribution in [3.05, 3.63) is 54.1 Å². The lowest BCUT2D eigenvalue weighted by molar-refractivity contribution is -0.157. The quantitative estimate of drug-likeness (QED) is 0.182. The molecule has 36 heavy (non-hydrogen) atoms. The van der Waals surface area contributed by atoms with Crippen molar-refractivity contribution in [2.45, 2.75) is 110 Å². The second-order valence-corrected chi connectivity index (χ2v) is 10.4. The fourth-order valence-corrected chi connectivity index (χ4v) is 4.97. The number of halogens is 1. The summed E-state index contributed by atoms with van der Waals surface area (Å²) in [4.78, 5) is 11.9. The summed E-state index contributed by atoms with van der Waals surface area (Å²) in [6, 6.07) is 17.3. The molecular weight excluding hydrogens is 451 g/mol. The molecule has 0 N–H and O–H groups in total. The average Bonchev–Trinajstić information content (AvgIpc) is 2.92. The summed E-state index contributed by atoms with van der Waals surface area (Å²) in [5.41, 5.74) is 3.79. The Morgan fingerprint density at radius 1 is 0.861 bits per heavy atom. The van der Waals surface area contributed by atoms with Crippen molar-refractivity contribution in [1.82, 2.24) is 0 Å². The molecule has 0 amide bonds. The van der Waals surface area contributed by atoms with Gasteiger partial charge < -0.3 is 9.47 Å². The summed E-state index contributed by atoms with van der Waals surface area (Å²) in [5, 5.41) is 0. The molecular formula is C32H45FO3. The Bertz CT molecular complexity index is 869. The lowest BCUT2D eigenvalue weighted by Crippen LogP contribution is -2.29. The normalized spacial score (nSPS) is 18.5. The molecule has 0 spiro atoms. The van der Waals surface area contributed by atoms with Crippen molar-refractivity contribution in [2.24, 2.45) is 5.92 Å². The molecule has 3 rings (SSSR count). The molecule has 1 fully saturated rings. The summed E-state index contributed by atoms with van der Waals surface area (Å²) in [6.07, 6.45) is 11.2. The van der Waals surface area contributed by atoms with E-state index in [1.165, 1.54) is 36.0 Å². The van der Waals surface area contributed by atoms with E-state index in [9.17, 15) is 9.18 Å². The van der Waals surface area contributed by atoms with E-state index in [2.05, 4.69) is 55.5 Å².